The largest absolute Gasteiger partial charge is 0.494 e. The number of amides is 1. The van der Waals surface area contributed by atoms with E-state index in [0.29, 0.717) is 39.0 Å². The molecule has 3 heterocycles. The second kappa shape index (κ2) is 8.69. The number of benzene rings is 1. The summed E-state index contributed by atoms with van der Waals surface area (Å²) >= 11 is 7.10. The summed E-state index contributed by atoms with van der Waals surface area (Å²) in [4.78, 5) is 32.1. The Bertz CT molecular complexity index is 1490. The molecular formula is C25H18ClN3O3S. The van der Waals surface area contributed by atoms with Gasteiger partial charge in [-0.2, -0.15) is 0 Å². The van der Waals surface area contributed by atoms with Crippen molar-refractivity contribution in [3.05, 3.63) is 109 Å². The first-order chi connectivity index (χ1) is 16.0. The van der Waals surface area contributed by atoms with Crippen molar-refractivity contribution in [1.29, 1.82) is 0 Å². The number of hydrogen-bond acceptors (Lipinski definition) is 4. The van der Waals surface area contributed by atoms with Gasteiger partial charge in [-0.25, -0.2) is 4.99 Å². The number of aromatic nitrogens is 2. The van der Waals surface area contributed by atoms with E-state index in [4.69, 9.17) is 11.6 Å². The zero-order chi connectivity index (χ0) is 22.9. The predicted octanol–water partition coefficient (Wildman–Crippen LogP) is 5.05. The van der Waals surface area contributed by atoms with Crippen molar-refractivity contribution in [2.75, 3.05) is 0 Å². The fourth-order valence-electron chi connectivity index (χ4n) is 3.91. The monoisotopic (exact) mass is 475 g/mol. The topological polar surface area (TPSA) is 87.5 Å². The minimum Gasteiger partial charge on any atom is -0.494 e. The minimum absolute atomic E-state index is 0.0491. The molecule has 0 saturated heterocycles. The number of nitrogens with zero attached hydrogens (tertiary/aromatic N) is 2. The summed E-state index contributed by atoms with van der Waals surface area (Å²) in [7, 11) is 0. The van der Waals surface area contributed by atoms with Gasteiger partial charge < -0.3 is 14.7 Å². The van der Waals surface area contributed by atoms with Crippen LogP contribution in [0.2, 0.25) is 4.34 Å². The van der Waals surface area contributed by atoms with Crippen LogP contribution in [0.3, 0.4) is 0 Å². The fraction of sp³-hybridized carbons (Fsp3) is 0.0800. The van der Waals surface area contributed by atoms with Crippen molar-refractivity contribution in [2.45, 2.75) is 13.0 Å². The normalized spacial score (nSPS) is 13.9. The van der Waals surface area contributed by atoms with E-state index in [0.717, 1.165) is 16.7 Å². The molecule has 1 aromatic carbocycles. The van der Waals surface area contributed by atoms with Gasteiger partial charge in [0.05, 0.1) is 27.0 Å². The molecule has 0 atom stereocenters. The fourth-order valence-corrected chi connectivity index (χ4v) is 4.83. The Morgan fingerprint density at radius 3 is 2.88 bits per heavy atom. The van der Waals surface area contributed by atoms with Gasteiger partial charge in [0.15, 0.2) is 0 Å². The third-order valence-electron chi connectivity index (χ3n) is 5.41. The number of aromatic hydroxyl groups is 1. The predicted molar refractivity (Wildman–Crippen MR) is 131 cm³/mol. The number of rotatable bonds is 4. The molecule has 1 amide bonds. The van der Waals surface area contributed by atoms with Crippen LogP contribution in [0.1, 0.15) is 26.4 Å². The van der Waals surface area contributed by atoms with Gasteiger partial charge in [-0.15, -0.1) is 11.3 Å². The number of carbonyl (C=O) groups excluding carboxylic acids is 1. The zero-order valence-corrected chi connectivity index (χ0v) is 18.9. The van der Waals surface area contributed by atoms with E-state index in [1.165, 1.54) is 11.3 Å². The average molecular weight is 476 g/mol. The van der Waals surface area contributed by atoms with Crippen molar-refractivity contribution in [2.24, 2.45) is 4.99 Å². The van der Waals surface area contributed by atoms with Gasteiger partial charge in [-0.1, -0.05) is 35.9 Å². The zero-order valence-electron chi connectivity index (χ0n) is 17.3. The van der Waals surface area contributed by atoms with E-state index in [-0.39, 0.29) is 11.4 Å². The highest BCUT2D eigenvalue weighted by atomic mass is 35.5. The number of nitrogens with one attached hydrogen (secondary N) is 1. The van der Waals surface area contributed by atoms with Crippen molar-refractivity contribution in [3.63, 3.8) is 0 Å². The van der Waals surface area contributed by atoms with Crippen molar-refractivity contribution in [1.82, 2.24) is 9.55 Å². The Labute approximate surface area is 198 Å². The Balaban J connectivity index is 1.46. The summed E-state index contributed by atoms with van der Waals surface area (Å²) in [5.74, 6) is -0.347. The Hall–Kier alpha value is -3.68. The lowest BCUT2D eigenvalue weighted by Crippen LogP contribution is -2.08. The van der Waals surface area contributed by atoms with E-state index in [1.807, 2.05) is 36.5 Å². The summed E-state index contributed by atoms with van der Waals surface area (Å²) in [6, 6.07) is 14.5. The van der Waals surface area contributed by atoms with Crippen LogP contribution in [-0.2, 0) is 13.0 Å². The molecule has 5 rings (SSSR count). The van der Waals surface area contributed by atoms with E-state index >= 15 is 0 Å². The molecular weight excluding hydrogens is 458 g/mol. The van der Waals surface area contributed by atoms with E-state index < -0.39 is 5.91 Å². The molecule has 3 aromatic heterocycles. The van der Waals surface area contributed by atoms with Gasteiger partial charge in [-0.05, 0) is 59.5 Å². The van der Waals surface area contributed by atoms with Crippen LogP contribution in [0.4, 0.5) is 0 Å². The van der Waals surface area contributed by atoms with Gasteiger partial charge in [-0.3, -0.25) is 9.59 Å². The molecule has 8 heteroatoms. The second-order valence-electron chi connectivity index (χ2n) is 7.61. The first kappa shape index (κ1) is 21.2. The number of aromatic amines is 1. The number of fused-ring (bicyclic) bond motifs is 1. The van der Waals surface area contributed by atoms with Gasteiger partial charge in [0.2, 0.25) is 5.88 Å². The van der Waals surface area contributed by atoms with Gasteiger partial charge >= 0.3 is 0 Å². The summed E-state index contributed by atoms with van der Waals surface area (Å²) in [6.07, 6.45) is 7.78. The maximum Gasteiger partial charge on any atom is 0.287 e. The highest BCUT2D eigenvalue weighted by Crippen LogP contribution is 2.31. The van der Waals surface area contributed by atoms with Crippen LogP contribution in [0, 0.1) is 0 Å². The lowest BCUT2D eigenvalue weighted by molar-refractivity contribution is 0.101. The Kier molecular flexibility index (Phi) is 5.58. The van der Waals surface area contributed by atoms with Crippen LogP contribution in [0.25, 0.3) is 11.1 Å². The van der Waals surface area contributed by atoms with E-state index in [2.05, 4.69) is 9.98 Å². The first-order valence-corrected chi connectivity index (χ1v) is 11.4. The lowest BCUT2D eigenvalue weighted by atomic mass is 10.00. The lowest BCUT2D eigenvalue weighted by Gasteiger charge is -2.09. The number of hydrogen-bond donors (Lipinski definition) is 2. The maximum absolute atomic E-state index is 12.6. The van der Waals surface area contributed by atoms with Crippen LogP contribution in [-0.4, -0.2) is 26.3 Å². The molecule has 2 N–H and O–H groups in total. The van der Waals surface area contributed by atoms with Crippen molar-refractivity contribution >= 4 is 34.6 Å². The standard InChI is InChI=1S/C25H18ClN3O3S/c26-21-10-9-20(33-21)24(31)28-19-8-2-6-17-14-29(25(32)22(17)19)13-15-4-1-5-16(12-15)18-7-3-11-27-23(18)30/h1-5,7-12,14,32H,6,13H2,(H,27,30). The number of pyridine rings is 1. The summed E-state index contributed by atoms with van der Waals surface area (Å²) in [5.41, 5.74) is 4.03. The molecule has 1 aliphatic rings. The molecule has 1 aliphatic carbocycles. The summed E-state index contributed by atoms with van der Waals surface area (Å²) in [5, 5.41) is 11.0. The van der Waals surface area contributed by atoms with Crippen molar-refractivity contribution in [3.8, 4) is 17.0 Å². The molecule has 164 valence electrons. The van der Waals surface area contributed by atoms with Gasteiger partial charge in [0.25, 0.3) is 11.5 Å². The van der Waals surface area contributed by atoms with E-state index in [9.17, 15) is 14.7 Å². The smallest absolute Gasteiger partial charge is 0.287 e. The van der Waals surface area contributed by atoms with Crippen LogP contribution >= 0.6 is 22.9 Å². The quantitative estimate of drug-likeness (QED) is 0.432. The minimum atomic E-state index is -0.396. The molecule has 6 nitrogen and oxygen atoms in total. The highest BCUT2D eigenvalue weighted by Gasteiger charge is 2.22. The molecule has 0 bridgehead atoms. The molecule has 0 radical (unpaired) electrons. The number of thiophene rings is 1. The van der Waals surface area contributed by atoms with Crippen LogP contribution < -0.4 is 5.56 Å². The second-order valence-corrected chi connectivity index (χ2v) is 9.32. The molecule has 0 spiro atoms. The van der Waals surface area contributed by atoms with Crippen LogP contribution in [0.5, 0.6) is 5.88 Å². The number of H-pyrrole nitrogens is 1. The number of carbonyl (C=O) groups is 1. The van der Waals surface area contributed by atoms with Gasteiger partial charge in [0, 0.05) is 18.0 Å². The Morgan fingerprint density at radius 2 is 2.09 bits per heavy atom. The third-order valence-corrected chi connectivity index (χ3v) is 6.63. The highest BCUT2D eigenvalue weighted by molar-refractivity contribution is 7.18. The van der Waals surface area contributed by atoms with Gasteiger partial charge in [0.1, 0.15) is 0 Å². The molecule has 0 fully saturated rings. The molecule has 33 heavy (non-hydrogen) atoms. The summed E-state index contributed by atoms with van der Waals surface area (Å²) in [6.45, 7) is 0.402. The maximum atomic E-state index is 12.6. The number of aliphatic imine (C=N–C) groups is 1. The Morgan fingerprint density at radius 1 is 1.21 bits per heavy atom. The number of halogens is 1. The van der Waals surface area contributed by atoms with E-state index in [1.54, 1.807) is 41.1 Å². The average Bonchev–Trinajstić information content (AvgIpc) is 3.38. The molecule has 0 aliphatic heterocycles. The molecule has 0 unspecified atom stereocenters. The SMILES string of the molecule is O=C(N=C1C=CCc2cn(Cc3cccc(-c4ccc[nH]c4=O)c3)c(O)c21)c1ccc(Cl)s1. The number of allylic oxidation sites excluding steroid dienone is 2. The molecule has 4 aromatic rings. The van der Waals surface area contributed by atoms with Crippen LogP contribution in [0.15, 0.2) is 82.9 Å². The third kappa shape index (κ3) is 4.20. The first-order valence-electron chi connectivity index (χ1n) is 10.2. The summed E-state index contributed by atoms with van der Waals surface area (Å²) < 4.78 is 2.25. The van der Waals surface area contributed by atoms with Crippen molar-refractivity contribution < 1.29 is 9.90 Å². The molecule has 0 saturated carbocycles.